The molecule has 2 saturated heterocycles. The van der Waals surface area contributed by atoms with E-state index in [2.05, 4.69) is 23.8 Å². The number of likely N-dealkylation sites (N-methyl/N-ethyl adjacent to an activating group) is 2. The van der Waals surface area contributed by atoms with Crippen LogP contribution in [-0.4, -0.2) is 97.4 Å². The summed E-state index contributed by atoms with van der Waals surface area (Å²) in [5.74, 6) is 0.335. The Hall–Kier alpha value is -1.14. The summed E-state index contributed by atoms with van der Waals surface area (Å²) in [5.41, 5.74) is 0. The second-order valence-electron chi connectivity index (χ2n) is 6.84. The molecule has 3 aliphatic rings. The molecule has 0 bridgehead atoms. The molecule has 2 amide bonds. The van der Waals surface area contributed by atoms with Gasteiger partial charge in [-0.05, 0) is 20.0 Å². The van der Waals surface area contributed by atoms with E-state index >= 15 is 0 Å². The molecule has 3 fully saturated rings. The lowest BCUT2D eigenvalue weighted by atomic mass is 10.2. The van der Waals surface area contributed by atoms with E-state index in [4.69, 9.17) is 0 Å². The van der Waals surface area contributed by atoms with E-state index in [-0.39, 0.29) is 23.7 Å². The minimum atomic E-state index is -0.0416. The van der Waals surface area contributed by atoms with Crippen LogP contribution < -0.4 is 0 Å². The highest BCUT2D eigenvalue weighted by Gasteiger charge is 2.51. The van der Waals surface area contributed by atoms with E-state index in [1.54, 1.807) is 0 Å². The first kappa shape index (κ1) is 15.7. The van der Waals surface area contributed by atoms with Crippen LogP contribution in [0.4, 0.5) is 0 Å². The van der Waals surface area contributed by atoms with Gasteiger partial charge in [-0.2, -0.15) is 0 Å². The first-order chi connectivity index (χ1) is 10.6. The van der Waals surface area contributed by atoms with Crippen LogP contribution in [0.2, 0.25) is 0 Å². The molecule has 0 aromatic rings. The highest BCUT2D eigenvalue weighted by atomic mass is 16.2. The largest absolute Gasteiger partial charge is 0.340 e. The number of nitrogens with zero attached hydrogens (tertiary/aromatic N) is 4. The first-order valence-corrected chi connectivity index (χ1v) is 8.58. The average molecular weight is 308 g/mol. The van der Waals surface area contributed by atoms with E-state index in [0.29, 0.717) is 0 Å². The fourth-order valence-electron chi connectivity index (χ4n) is 3.52. The van der Waals surface area contributed by atoms with Crippen LogP contribution in [-0.2, 0) is 9.59 Å². The normalized spacial score (nSPS) is 30.5. The second kappa shape index (κ2) is 6.54. The van der Waals surface area contributed by atoms with Crippen molar-refractivity contribution in [3.8, 4) is 0 Å². The summed E-state index contributed by atoms with van der Waals surface area (Å²) in [6.07, 6.45) is 0.762. The smallest absolute Gasteiger partial charge is 0.226 e. The number of amides is 2. The summed E-state index contributed by atoms with van der Waals surface area (Å²) >= 11 is 0. The number of hydrogen-bond acceptors (Lipinski definition) is 4. The molecule has 1 aliphatic carbocycles. The van der Waals surface area contributed by atoms with Gasteiger partial charge >= 0.3 is 0 Å². The maximum atomic E-state index is 12.5. The van der Waals surface area contributed by atoms with Gasteiger partial charge < -0.3 is 19.6 Å². The molecule has 0 radical (unpaired) electrons. The number of rotatable bonds is 3. The van der Waals surface area contributed by atoms with Gasteiger partial charge in [0, 0.05) is 52.4 Å². The van der Waals surface area contributed by atoms with Crippen LogP contribution in [0, 0.1) is 11.8 Å². The molecule has 6 nitrogen and oxygen atoms in total. The Bertz CT molecular complexity index is 426. The van der Waals surface area contributed by atoms with E-state index in [1.165, 1.54) is 0 Å². The lowest BCUT2D eigenvalue weighted by Gasteiger charge is -2.34. The lowest BCUT2D eigenvalue weighted by molar-refractivity contribution is -0.139. The van der Waals surface area contributed by atoms with Gasteiger partial charge in [0.05, 0.1) is 11.8 Å². The first-order valence-electron chi connectivity index (χ1n) is 8.58. The second-order valence-corrected chi connectivity index (χ2v) is 6.84. The molecule has 0 N–H and O–H groups in total. The van der Waals surface area contributed by atoms with Crippen molar-refractivity contribution in [2.24, 2.45) is 11.8 Å². The SMILES string of the molecule is CCN1CCN(C(=O)C2CC2C(=O)N2CCN(C)CC2)CC1. The monoisotopic (exact) mass is 308 g/mol. The van der Waals surface area contributed by atoms with Gasteiger partial charge in [0.2, 0.25) is 11.8 Å². The Morgan fingerprint density at radius 3 is 1.73 bits per heavy atom. The molecule has 2 heterocycles. The highest BCUT2D eigenvalue weighted by Crippen LogP contribution is 2.41. The van der Waals surface area contributed by atoms with Crippen molar-refractivity contribution in [3.05, 3.63) is 0 Å². The molecule has 124 valence electrons. The van der Waals surface area contributed by atoms with Crippen LogP contribution in [0.25, 0.3) is 0 Å². The number of hydrogen-bond donors (Lipinski definition) is 0. The molecule has 2 unspecified atom stereocenters. The van der Waals surface area contributed by atoms with Crippen LogP contribution in [0.3, 0.4) is 0 Å². The molecular weight excluding hydrogens is 280 g/mol. The van der Waals surface area contributed by atoms with Crippen LogP contribution in [0.5, 0.6) is 0 Å². The third-order valence-corrected chi connectivity index (χ3v) is 5.37. The molecular formula is C16H28N4O2. The van der Waals surface area contributed by atoms with Gasteiger partial charge in [-0.25, -0.2) is 0 Å². The summed E-state index contributed by atoms with van der Waals surface area (Å²) in [5, 5.41) is 0. The Morgan fingerprint density at radius 1 is 0.818 bits per heavy atom. The Balaban J connectivity index is 1.47. The summed E-state index contributed by atoms with van der Waals surface area (Å²) in [4.78, 5) is 33.5. The van der Waals surface area contributed by atoms with Gasteiger partial charge in [0.15, 0.2) is 0 Å². The number of carbonyl (C=O) groups excluding carboxylic acids is 2. The fraction of sp³-hybridized carbons (Fsp3) is 0.875. The molecule has 1 saturated carbocycles. The van der Waals surface area contributed by atoms with Crippen molar-refractivity contribution in [2.75, 3.05) is 66.0 Å². The molecule has 0 aromatic heterocycles. The standard InChI is InChI=1S/C16H28N4O2/c1-3-18-6-10-20(11-7-18)16(22)14-12-13(14)15(21)19-8-4-17(2)5-9-19/h13-14H,3-12H2,1-2H3. The van der Waals surface area contributed by atoms with Crippen LogP contribution >= 0.6 is 0 Å². The molecule has 2 atom stereocenters. The van der Waals surface area contributed by atoms with Crippen LogP contribution in [0.15, 0.2) is 0 Å². The fourth-order valence-corrected chi connectivity index (χ4v) is 3.52. The van der Waals surface area contributed by atoms with Gasteiger partial charge in [-0.15, -0.1) is 0 Å². The minimum absolute atomic E-state index is 0.0414. The maximum absolute atomic E-state index is 12.5. The van der Waals surface area contributed by atoms with Gasteiger partial charge in [-0.1, -0.05) is 6.92 Å². The average Bonchev–Trinajstić information content (AvgIpc) is 3.35. The summed E-state index contributed by atoms with van der Waals surface area (Å²) in [7, 11) is 2.08. The van der Waals surface area contributed by atoms with Gasteiger partial charge in [-0.3, -0.25) is 9.59 Å². The number of piperazine rings is 2. The van der Waals surface area contributed by atoms with E-state index in [0.717, 1.165) is 65.3 Å². The predicted octanol–water partition coefficient (Wildman–Crippen LogP) is -0.439. The van der Waals surface area contributed by atoms with Gasteiger partial charge in [0.25, 0.3) is 0 Å². The molecule has 0 aromatic carbocycles. The quantitative estimate of drug-likeness (QED) is 0.709. The maximum Gasteiger partial charge on any atom is 0.226 e. The molecule has 22 heavy (non-hydrogen) atoms. The number of carbonyl (C=O) groups is 2. The van der Waals surface area contributed by atoms with E-state index in [9.17, 15) is 9.59 Å². The van der Waals surface area contributed by atoms with Crippen molar-refractivity contribution in [1.29, 1.82) is 0 Å². The third kappa shape index (κ3) is 3.27. The zero-order valence-corrected chi connectivity index (χ0v) is 13.8. The van der Waals surface area contributed by atoms with Crippen molar-refractivity contribution < 1.29 is 9.59 Å². The Kier molecular flexibility index (Phi) is 4.68. The summed E-state index contributed by atoms with van der Waals surface area (Å²) < 4.78 is 0. The molecule has 0 spiro atoms. The topological polar surface area (TPSA) is 47.1 Å². The summed E-state index contributed by atoms with van der Waals surface area (Å²) in [6.45, 7) is 10.3. The molecule has 2 aliphatic heterocycles. The molecule has 6 heteroatoms. The van der Waals surface area contributed by atoms with Gasteiger partial charge in [0.1, 0.15) is 0 Å². The molecule has 3 rings (SSSR count). The third-order valence-electron chi connectivity index (χ3n) is 5.37. The predicted molar refractivity (Wildman–Crippen MR) is 84.4 cm³/mol. The Morgan fingerprint density at radius 2 is 1.27 bits per heavy atom. The minimum Gasteiger partial charge on any atom is -0.340 e. The van der Waals surface area contributed by atoms with Crippen molar-refractivity contribution in [1.82, 2.24) is 19.6 Å². The van der Waals surface area contributed by atoms with E-state index < -0.39 is 0 Å². The van der Waals surface area contributed by atoms with Crippen molar-refractivity contribution in [2.45, 2.75) is 13.3 Å². The van der Waals surface area contributed by atoms with Crippen molar-refractivity contribution >= 4 is 11.8 Å². The zero-order valence-electron chi connectivity index (χ0n) is 13.8. The zero-order chi connectivity index (χ0) is 15.7. The highest BCUT2D eigenvalue weighted by molar-refractivity contribution is 5.92. The van der Waals surface area contributed by atoms with E-state index in [1.807, 2.05) is 9.80 Å². The van der Waals surface area contributed by atoms with Crippen molar-refractivity contribution in [3.63, 3.8) is 0 Å². The van der Waals surface area contributed by atoms with Crippen LogP contribution in [0.1, 0.15) is 13.3 Å². The lowest BCUT2D eigenvalue weighted by Crippen LogP contribution is -2.50. The summed E-state index contributed by atoms with van der Waals surface area (Å²) in [6, 6.07) is 0. The Labute approximate surface area is 133 Å².